The van der Waals surface area contributed by atoms with Crippen molar-refractivity contribution in [3.8, 4) is 0 Å². The van der Waals surface area contributed by atoms with E-state index in [9.17, 15) is 4.39 Å². The Bertz CT molecular complexity index is 392. The smallest absolute Gasteiger partial charge is 0.191 e. The maximum absolute atomic E-state index is 12.7. The van der Waals surface area contributed by atoms with Crippen LogP contribution in [0.15, 0.2) is 34.2 Å². The van der Waals surface area contributed by atoms with Crippen LogP contribution in [-0.4, -0.2) is 31.3 Å². The Balaban J connectivity index is 2.24. The maximum Gasteiger partial charge on any atom is 0.191 e. The summed E-state index contributed by atoms with van der Waals surface area (Å²) in [5, 5.41) is 6.56. The normalized spacial score (nSPS) is 13.2. The van der Waals surface area contributed by atoms with Crippen molar-refractivity contribution in [1.82, 2.24) is 10.6 Å². The molecule has 1 aromatic rings. The van der Waals surface area contributed by atoms with Crippen LogP contribution in [-0.2, 0) is 0 Å². The van der Waals surface area contributed by atoms with Gasteiger partial charge < -0.3 is 10.6 Å². The highest BCUT2D eigenvalue weighted by atomic mass is 32.2. The molecule has 1 aromatic carbocycles. The summed E-state index contributed by atoms with van der Waals surface area (Å²) < 4.78 is 12.7. The van der Waals surface area contributed by atoms with Crippen LogP contribution in [0.4, 0.5) is 4.39 Å². The molecule has 19 heavy (non-hydrogen) atoms. The first kappa shape index (κ1) is 15.8. The Hall–Kier alpha value is -1.23. The van der Waals surface area contributed by atoms with Crippen LogP contribution in [0.3, 0.4) is 0 Å². The molecule has 1 unspecified atom stereocenters. The fourth-order valence-electron chi connectivity index (χ4n) is 1.40. The Labute approximate surface area is 119 Å². The van der Waals surface area contributed by atoms with E-state index in [0.29, 0.717) is 6.04 Å². The first-order valence-corrected chi connectivity index (χ1v) is 7.49. The van der Waals surface area contributed by atoms with E-state index in [2.05, 4.69) is 29.5 Å². The van der Waals surface area contributed by atoms with Gasteiger partial charge in [0.2, 0.25) is 0 Å². The maximum atomic E-state index is 12.7. The number of hydrogen-bond donors (Lipinski definition) is 2. The molecule has 0 fully saturated rings. The molecule has 0 heterocycles. The molecule has 0 saturated heterocycles. The molecule has 0 bridgehead atoms. The van der Waals surface area contributed by atoms with Crippen molar-refractivity contribution in [1.29, 1.82) is 0 Å². The Morgan fingerprint density at radius 1 is 1.37 bits per heavy atom. The van der Waals surface area contributed by atoms with Crippen LogP contribution in [0, 0.1) is 5.82 Å². The molecule has 0 aliphatic heterocycles. The third-order valence-corrected chi connectivity index (χ3v) is 3.71. The van der Waals surface area contributed by atoms with Crippen molar-refractivity contribution in [2.45, 2.75) is 31.2 Å². The van der Waals surface area contributed by atoms with Crippen LogP contribution >= 0.6 is 11.8 Å². The molecule has 0 radical (unpaired) electrons. The van der Waals surface area contributed by atoms with Gasteiger partial charge >= 0.3 is 0 Å². The fourth-order valence-corrected chi connectivity index (χ4v) is 2.17. The molecule has 3 nitrogen and oxygen atoms in total. The second-order valence-electron chi connectivity index (χ2n) is 4.26. The van der Waals surface area contributed by atoms with E-state index in [1.165, 1.54) is 12.1 Å². The lowest BCUT2D eigenvalue weighted by Gasteiger charge is -2.16. The first-order valence-electron chi connectivity index (χ1n) is 6.51. The minimum Gasteiger partial charge on any atom is -0.356 e. The molecule has 5 heteroatoms. The summed E-state index contributed by atoms with van der Waals surface area (Å²) in [6.45, 7) is 5.08. The topological polar surface area (TPSA) is 36.4 Å². The fraction of sp³-hybridized carbons (Fsp3) is 0.500. The van der Waals surface area contributed by atoms with E-state index in [0.717, 1.165) is 29.6 Å². The zero-order valence-electron chi connectivity index (χ0n) is 11.7. The molecule has 1 rings (SSSR count). The van der Waals surface area contributed by atoms with Crippen molar-refractivity contribution in [3.63, 3.8) is 0 Å². The number of benzene rings is 1. The zero-order valence-corrected chi connectivity index (χ0v) is 12.6. The standard InChI is InChI=1S/C14H22FN3S/c1-4-11(2)18-14(16-3)17-9-10-19-13-7-5-12(15)6-8-13/h5-8,11H,4,9-10H2,1-3H3,(H2,16,17,18). The van der Waals surface area contributed by atoms with E-state index in [-0.39, 0.29) is 5.82 Å². The molecule has 0 aliphatic rings. The van der Waals surface area contributed by atoms with Gasteiger partial charge in [-0.05, 0) is 37.6 Å². The van der Waals surface area contributed by atoms with E-state index in [1.54, 1.807) is 30.9 Å². The van der Waals surface area contributed by atoms with Crippen LogP contribution in [0.2, 0.25) is 0 Å². The van der Waals surface area contributed by atoms with Gasteiger partial charge in [-0.25, -0.2) is 4.39 Å². The zero-order chi connectivity index (χ0) is 14.1. The molecule has 2 N–H and O–H groups in total. The molecule has 0 spiro atoms. The lowest BCUT2D eigenvalue weighted by molar-refractivity contribution is 0.626. The van der Waals surface area contributed by atoms with Crippen molar-refractivity contribution in [2.24, 2.45) is 4.99 Å². The molecule has 106 valence electrons. The van der Waals surface area contributed by atoms with Gasteiger partial charge in [0.1, 0.15) is 5.82 Å². The Morgan fingerprint density at radius 3 is 2.63 bits per heavy atom. The average molecular weight is 283 g/mol. The highest BCUT2D eigenvalue weighted by Crippen LogP contribution is 2.17. The highest BCUT2D eigenvalue weighted by Gasteiger charge is 2.02. The summed E-state index contributed by atoms with van der Waals surface area (Å²) in [6, 6.07) is 6.98. The summed E-state index contributed by atoms with van der Waals surface area (Å²) in [5.74, 6) is 1.54. The number of halogens is 1. The third-order valence-electron chi connectivity index (χ3n) is 2.70. The first-order chi connectivity index (χ1) is 9.15. The van der Waals surface area contributed by atoms with Gasteiger partial charge in [0, 0.05) is 30.3 Å². The van der Waals surface area contributed by atoms with Crippen molar-refractivity contribution in [2.75, 3.05) is 19.3 Å². The van der Waals surface area contributed by atoms with Gasteiger partial charge in [-0.2, -0.15) is 0 Å². The highest BCUT2D eigenvalue weighted by molar-refractivity contribution is 7.99. The van der Waals surface area contributed by atoms with Crippen LogP contribution in [0.1, 0.15) is 20.3 Å². The van der Waals surface area contributed by atoms with E-state index in [1.807, 2.05) is 0 Å². The molecule has 1 atom stereocenters. The minimum absolute atomic E-state index is 0.194. The van der Waals surface area contributed by atoms with E-state index < -0.39 is 0 Å². The summed E-state index contributed by atoms with van der Waals surface area (Å²) in [7, 11) is 1.77. The number of rotatable bonds is 6. The van der Waals surface area contributed by atoms with Crippen LogP contribution in [0.25, 0.3) is 0 Å². The Morgan fingerprint density at radius 2 is 2.05 bits per heavy atom. The SMILES string of the molecule is CCC(C)NC(=NC)NCCSc1ccc(F)cc1. The molecule has 0 aliphatic carbocycles. The Kier molecular flexibility index (Phi) is 7.33. The summed E-state index contributed by atoms with van der Waals surface area (Å²) in [4.78, 5) is 5.24. The lowest BCUT2D eigenvalue weighted by atomic mass is 10.3. The number of aliphatic imine (C=N–C) groups is 1. The predicted octanol–water partition coefficient (Wildman–Crippen LogP) is 2.88. The second kappa shape index (κ2) is 8.80. The second-order valence-corrected chi connectivity index (χ2v) is 5.42. The number of hydrogen-bond acceptors (Lipinski definition) is 2. The minimum atomic E-state index is -0.194. The number of nitrogens with one attached hydrogen (secondary N) is 2. The number of thioether (sulfide) groups is 1. The lowest BCUT2D eigenvalue weighted by Crippen LogP contribution is -2.42. The summed E-state index contributed by atoms with van der Waals surface area (Å²) in [6.07, 6.45) is 1.06. The summed E-state index contributed by atoms with van der Waals surface area (Å²) >= 11 is 1.69. The van der Waals surface area contributed by atoms with Gasteiger partial charge in [0.15, 0.2) is 5.96 Å². The molecule has 0 amide bonds. The molecule has 0 aromatic heterocycles. The van der Waals surface area contributed by atoms with Gasteiger partial charge in [-0.15, -0.1) is 11.8 Å². The quantitative estimate of drug-likeness (QED) is 0.365. The molecular weight excluding hydrogens is 261 g/mol. The largest absolute Gasteiger partial charge is 0.356 e. The van der Waals surface area contributed by atoms with Crippen molar-refractivity contribution < 1.29 is 4.39 Å². The van der Waals surface area contributed by atoms with Crippen LogP contribution in [0.5, 0.6) is 0 Å². The predicted molar refractivity (Wildman–Crippen MR) is 81.4 cm³/mol. The van der Waals surface area contributed by atoms with Crippen molar-refractivity contribution >= 4 is 17.7 Å². The van der Waals surface area contributed by atoms with E-state index in [4.69, 9.17) is 0 Å². The van der Waals surface area contributed by atoms with Gasteiger partial charge in [0.25, 0.3) is 0 Å². The van der Waals surface area contributed by atoms with E-state index >= 15 is 0 Å². The molecule has 0 saturated carbocycles. The van der Waals surface area contributed by atoms with Gasteiger partial charge in [-0.1, -0.05) is 6.92 Å². The number of guanidine groups is 1. The van der Waals surface area contributed by atoms with Crippen molar-refractivity contribution in [3.05, 3.63) is 30.1 Å². The molecular formula is C14H22FN3S. The van der Waals surface area contributed by atoms with Crippen LogP contribution < -0.4 is 10.6 Å². The summed E-state index contributed by atoms with van der Waals surface area (Å²) in [5.41, 5.74) is 0. The third kappa shape index (κ3) is 6.47. The average Bonchev–Trinajstić information content (AvgIpc) is 2.43. The monoisotopic (exact) mass is 283 g/mol. The van der Waals surface area contributed by atoms with Gasteiger partial charge in [0.05, 0.1) is 0 Å². The van der Waals surface area contributed by atoms with Gasteiger partial charge in [-0.3, -0.25) is 4.99 Å². The number of nitrogens with zero attached hydrogens (tertiary/aromatic N) is 1.